The summed E-state index contributed by atoms with van der Waals surface area (Å²) in [5, 5.41) is 5.19. The Morgan fingerprint density at radius 1 is 1.03 bits per heavy atom. The topological polar surface area (TPSA) is 111 Å². The third-order valence-corrected chi connectivity index (χ3v) is 6.95. The summed E-state index contributed by atoms with van der Waals surface area (Å²) in [6, 6.07) is 23.8. The Morgan fingerprint density at radius 2 is 1.67 bits per heavy atom. The van der Waals surface area contributed by atoms with Gasteiger partial charge in [0.2, 0.25) is 13.6 Å². The van der Waals surface area contributed by atoms with Crippen LogP contribution in [-0.2, 0) is 9.53 Å². The van der Waals surface area contributed by atoms with E-state index in [0.717, 1.165) is 31.8 Å². The van der Waals surface area contributed by atoms with E-state index in [0.29, 0.717) is 5.56 Å². The minimum absolute atomic E-state index is 0.158. The fourth-order valence-corrected chi connectivity index (χ4v) is 5.27. The monoisotopic (exact) mass is 458 g/mol. The molecule has 164 valence electrons. The fraction of sp³-hybridized carbons (Fsp3) is 0.0833. The molecular weight excluding hydrogens is 439 g/mol. The van der Waals surface area contributed by atoms with Gasteiger partial charge in [0.15, 0.2) is 0 Å². The maximum absolute atomic E-state index is 13.4. The lowest BCUT2D eigenvalue weighted by molar-refractivity contribution is -0.157. The van der Waals surface area contributed by atoms with Gasteiger partial charge in [-0.3, -0.25) is 4.79 Å². The first-order chi connectivity index (χ1) is 16.0. The van der Waals surface area contributed by atoms with Crippen molar-refractivity contribution in [3.05, 3.63) is 90.0 Å². The third kappa shape index (κ3) is 3.50. The summed E-state index contributed by atoms with van der Waals surface area (Å²) in [4.78, 5) is 42.9. The van der Waals surface area contributed by atoms with Gasteiger partial charge in [-0.15, -0.1) is 0 Å². The zero-order chi connectivity index (χ0) is 23.1. The Morgan fingerprint density at radius 3 is 2.39 bits per heavy atom. The van der Waals surface area contributed by atoms with Crippen LogP contribution in [0.3, 0.4) is 0 Å². The van der Waals surface area contributed by atoms with Crippen molar-refractivity contribution < 1.29 is 19.2 Å². The molecule has 0 radical (unpaired) electrons. The predicted molar refractivity (Wildman–Crippen MR) is 125 cm³/mol. The van der Waals surface area contributed by atoms with E-state index in [-0.39, 0.29) is 11.3 Å². The van der Waals surface area contributed by atoms with Crippen LogP contribution in [0.5, 0.6) is 0 Å². The second-order valence-corrected chi connectivity index (χ2v) is 8.84. The van der Waals surface area contributed by atoms with Gasteiger partial charge < -0.3 is 9.63 Å². The highest BCUT2D eigenvalue weighted by Gasteiger charge is 2.45. The van der Waals surface area contributed by atoms with Crippen LogP contribution < -0.4 is 15.9 Å². The highest BCUT2D eigenvalue weighted by Crippen LogP contribution is 2.47. The predicted octanol–water partition coefficient (Wildman–Crippen LogP) is 3.81. The number of ether oxygens (including phenoxy) is 1. The van der Waals surface area contributed by atoms with Gasteiger partial charge in [0.25, 0.3) is 0 Å². The Kier molecular flexibility index (Phi) is 5.26. The highest BCUT2D eigenvalue weighted by atomic mass is 31.1. The van der Waals surface area contributed by atoms with Gasteiger partial charge in [-0.2, -0.15) is 5.12 Å². The number of carbonyl (C=O) groups is 2. The van der Waals surface area contributed by atoms with E-state index in [1.165, 1.54) is 7.11 Å². The number of esters is 1. The zero-order valence-corrected chi connectivity index (χ0v) is 18.5. The average molecular weight is 458 g/mol. The second-order valence-electron chi connectivity index (χ2n) is 7.54. The minimum Gasteiger partial charge on any atom is -0.610 e. The van der Waals surface area contributed by atoms with E-state index in [2.05, 4.69) is 4.85 Å². The van der Waals surface area contributed by atoms with E-state index in [1.807, 2.05) is 60.7 Å². The Labute approximate surface area is 190 Å². The first-order valence-corrected chi connectivity index (χ1v) is 11.4. The first kappa shape index (κ1) is 21.0. The van der Waals surface area contributed by atoms with Gasteiger partial charge in [0.1, 0.15) is 0 Å². The maximum Gasteiger partial charge on any atom is 0.340 e. The van der Waals surface area contributed by atoms with Crippen LogP contribution in [0.25, 0.3) is 21.5 Å². The molecule has 1 amide bonds. The molecule has 2 atom stereocenters. The summed E-state index contributed by atoms with van der Waals surface area (Å²) < 4.78 is 4.91. The molecule has 4 aromatic rings. The average Bonchev–Trinajstić information content (AvgIpc) is 3.15. The van der Waals surface area contributed by atoms with Gasteiger partial charge in [0.05, 0.1) is 18.4 Å². The van der Waals surface area contributed by atoms with Gasteiger partial charge in [-0.1, -0.05) is 71.8 Å². The Balaban J connectivity index is 1.58. The molecule has 0 aliphatic carbocycles. The van der Waals surface area contributed by atoms with Crippen LogP contribution in [0.1, 0.15) is 21.6 Å². The number of rotatable bonds is 4. The van der Waals surface area contributed by atoms with E-state index in [1.54, 1.807) is 18.2 Å². The minimum atomic E-state index is -2.33. The summed E-state index contributed by atoms with van der Waals surface area (Å²) in [7, 11) is -1.06. The number of hydrogen-bond donors (Lipinski definition) is 1. The van der Waals surface area contributed by atoms with Crippen LogP contribution in [0.2, 0.25) is 0 Å². The van der Waals surface area contributed by atoms with Crippen LogP contribution in [0.15, 0.2) is 83.7 Å². The molecule has 2 unspecified atom stereocenters. The van der Waals surface area contributed by atoms with Gasteiger partial charge in [0, 0.05) is 10.4 Å². The number of hydrogen-bond acceptors (Lipinski definition) is 7. The van der Waals surface area contributed by atoms with Crippen molar-refractivity contribution in [3.63, 3.8) is 0 Å². The number of methoxy groups -OCH3 is 1. The molecule has 33 heavy (non-hydrogen) atoms. The highest BCUT2D eigenvalue weighted by molar-refractivity contribution is 7.41. The molecule has 0 aromatic heterocycles. The molecule has 2 N–H and O–H groups in total. The Hall–Kier alpha value is -3.84. The van der Waals surface area contributed by atoms with E-state index >= 15 is 0 Å². The van der Waals surface area contributed by atoms with E-state index in [4.69, 9.17) is 10.6 Å². The van der Waals surface area contributed by atoms with Crippen molar-refractivity contribution in [1.82, 2.24) is 5.12 Å². The molecule has 8 nitrogen and oxygen atoms in total. The van der Waals surface area contributed by atoms with Crippen LogP contribution in [-0.4, -0.2) is 24.1 Å². The van der Waals surface area contributed by atoms with Crippen LogP contribution >= 0.6 is 7.94 Å². The standard InChI is InChI=1S/C24H19N4O4P/c1-32-24(30)20-13-16-8-2-3-9-17(16)14-21(20)27(25)28-23(29)22(33(31)26-28)19-12-6-10-15-7-4-5-11-18(15)19/h2-14,22H,25H2,1H3. The molecule has 5 rings (SSSR count). The summed E-state index contributed by atoms with van der Waals surface area (Å²) >= 11 is 0. The van der Waals surface area contributed by atoms with Crippen molar-refractivity contribution in [2.24, 2.45) is 10.7 Å². The molecule has 1 heterocycles. The van der Waals surface area contributed by atoms with Crippen molar-refractivity contribution >= 4 is 47.0 Å². The first-order valence-electron chi connectivity index (χ1n) is 10.1. The molecular formula is C24H19N4O4P. The lowest BCUT2D eigenvalue weighted by atomic mass is 10.0. The molecule has 0 saturated heterocycles. The lowest BCUT2D eigenvalue weighted by Gasteiger charge is -2.25. The smallest absolute Gasteiger partial charge is 0.340 e. The zero-order valence-electron chi connectivity index (χ0n) is 17.6. The number of carbonyl (C=O) groups excluding carboxylic acids is 2. The molecule has 0 bridgehead atoms. The van der Waals surface area contributed by atoms with Crippen molar-refractivity contribution in [2.75, 3.05) is 12.2 Å². The van der Waals surface area contributed by atoms with Gasteiger partial charge in [-0.25, -0.2) is 10.6 Å². The van der Waals surface area contributed by atoms with Crippen molar-refractivity contribution in [2.45, 2.75) is 5.66 Å². The fourth-order valence-electron chi connectivity index (χ4n) is 4.07. The quantitative estimate of drug-likeness (QED) is 0.215. The molecule has 0 fully saturated rings. The summed E-state index contributed by atoms with van der Waals surface area (Å²) in [6.07, 6.45) is 0. The number of nitrogens with two attached hydrogens (primary N) is 1. The number of amides is 1. The molecule has 0 saturated carbocycles. The lowest BCUT2D eigenvalue weighted by Crippen LogP contribution is -2.47. The van der Waals surface area contributed by atoms with Crippen LogP contribution in [0.4, 0.5) is 5.69 Å². The largest absolute Gasteiger partial charge is 0.610 e. The molecule has 0 spiro atoms. The third-order valence-electron chi connectivity index (χ3n) is 5.66. The van der Waals surface area contributed by atoms with Crippen LogP contribution in [0, 0.1) is 0 Å². The number of benzene rings is 4. The van der Waals surface area contributed by atoms with Gasteiger partial charge in [-0.05, 0) is 33.7 Å². The van der Waals surface area contributed by atoms with E-state index < -0.39 is 25.5 Å². The SMILES string of the molecule is COC(=O)c1cc2ccccc2cc1N(N)N1N=[P+]([O-])C(c2cccc3ccccc23)C1=O. The maximum atomic E-state index is 13.4. The number of fused-ring (bicyclic) bond motifs is 2. The normalized spacial score (nSPS) is 16.8. The molecule has 4 aromatic carbocycles. The van der Waals surface area contributed by atoms with Crippen molar-refractivity contribution in [3.8, 4) is 0 Å². The molecule has 9 heteroatoms. The summed E-state index contributed by atoms with van der Waals surface area (Å²) in [5.74, 6) is 5.14. The Bertz CT molecular complexity index is 1450. The number of anilines is 1. The number of nitrogens with zero attached hydrogens (tertiary/aromatic N) is 3. The number of hydrazine groups is 2. The molecule has 1 aliphatic rings. The van der Waals surface area contributed by atoms with Gasteiger partial charge >= 0.3 is 11.9 Å². The van der Waals surface area contributed by atoms with Crippen molar-refractivity contribution in [1.29, 1.82) is 0 Å². The summed E-state index contributed by atoms with van der Waals surface area (Å²) in [6.45, 7) is 0. The van der Waals surface area contributed by atoms with E-state index in [9.17, 15) is 14.5 Å². The second kappa shape index (κ2) is 8.26. The molecule has 1 aliphatic heterocycles. The summed E-state index contributed by atoms with van der Waals surface area (Å²) in [5.41, 5.74) is -0.00472.